The lowest BCUT2D eigenvalue weighted by Crippen LogP contribution is -2.26. The van der Waals surface area contributed by atoms with Gasteiger partial charge in [-0.2, -0.15) is 0 Å². The molecule has 0 atom stereocenters. The van der Waals surface area contributed by atoms with Crippen LogP contribution in [0.2, 0.25) is 0 Å². The number of hydrogen-bond donors (Lipinski definition) is 0. The van der Waals surface area contributed by atoms with Crippen molar-refractivity contribution >= 4 is 0 Å². The Kier molecular flexibility index (Phi) is 2.66. The fourth-order valence-corrected chi connectivity index (χ4v) is 1.74. The van der Waals surface area contributed by atoms with E-state index in [9.17, 15) is 0 Å². The molecule has 0 unspecified atom stereocenters. The number of rotatable bonds is 3. The summed E-state index contributed by atoms with van der Waals surface area (Å²) < 4.78 is 11.3. The van der Waals surface area contributed by atoms with Gasteiger partial charge in [-0.3, -0.25) is 0 Å². The predicted molar refractivity (Wildman–Crippen MR) is 54.8 cm³/mol. The zero-order valence-electron chi connectivity index (χ0n) is 8.11. The maximum absolute atomic E-state index is 5.67. The molecule has 0 amide bonds. The molecule has 0 bridgehead atoms. The van der Waals surface area contributed by atoms with Crippen molar-refractivity contribution in [3.05, 3.63) is 48.6 Å². The zero-order valence-corrected chi connectivity index (χ0v) is 8.11. The van der Waals surface area contributed by atoms with E-state index in [0.717, 1.165) is 5.56 Å². The predicted octanol–water partition coefficient (Wildman–Crippen LogP) is 2.46. The third kappa shape index (κ3) is 1.59. The third-order valence-corrected chi connectivity index (χ3v) is 2.38. The summed E-state index contributed by atoms with van der Waals surface area (Å²) in [6, 6.07) is 10.0. The van der Waals surface area contributed by atoms with Crippen LogP contribution in [0.25, 0.3) is 0 Å². The molecule has 1 aliphatic rings. The Morgan fingerprint density at radius 1 is 1.21 bits per heavy atom. The third-order valence-electron chi connectivity index (χ3n) is 2.38. The molecule has 2 nitrogen and oxygen atoms in total. The second-order valence-electron chi connectivity index (χ2n) is 3.31. The minimum Gasteiger partial charge on any atom is -0.343 e. The van der Waals surface area contributed by atoms with Gasteiger partial charge in [0.15, 0.2) is 5.79 Å². The first-order valence-corrected chi connectivity index (χ1v) is 4.82. The highest BCUT2D eigenvalue weighted by atomic mass is 16.7. The Bertz CT molecular complexity index is 299. The van der Waals surface area contributed by atoms with Gasteiger partial charge in [0.25, 0.3) is 0 Å². The molecule has 0 radical (unpaired) electrons. The van der Waals surface area contributed by atoms with Gasteiger partial charge in [0.1, 0.15) is 0 Å². The van der Waals surface area contributed by atoms with E-state index in [0.29, 0.717) is 19.6 Å². The minimum atomic E-state index is -0.580. The first-order valence-electron chi connectivity index (χ1n) is 4.82. The van der Waals surface area contributed by atoms with E-state index in [-0.39, 0.29) is 0 Å². The van der Waals surface area contributed by atoms with Crippen LogP contribution < -0.4 is 0 Å². The highest BCUT2D eigenvalue weighted by molar-refractivity contribution is 5.21. The van der Waals surface area contributed by atoms with Crippen LogP contribution in [0.3, 0.4) is 0 Å². The van der Waals surface area contributed by atoms with Crippen molar-refractivity contribution in [2.75, 3.05) is 13.2 Å². The fraction of sp³-hybridized carbons (Fsp3) is 0.333. The highest BCUT2D eigenvalue weighted by Gasteiger charge is 2.36. The SMILES string of the molecule is C=CCC1(c2ccccc2)OCCO1. The molecule has 2 heteroatoms. The first-order chi connectivity index (χ1) is 6.87. The van der Waals surface area contributed by atoms with Crippen LogP contribution in [0.15, 0.2) is 43.0 Å². The molecule has 0 saturated carbocycles. The largest absolute Gasteiger partial charge is 0.343 e. The van der Waals surface area contributed by atoms with Crippen molar-refractivity contribution in [1.29, 1.82) is 0 Å². The molecule has 0 spiro atoms. The van der Waals surface area contributed by atoms with E-state index in [1.807, 2.05) is 36.4 Å². The van der Waals surface area contributed by atoms with E-state index in [1.165, 1.54) is 0 Å². The van der Waals surface area contributed by atoms with Crippen molar-refractivity contribution in [2.45, 2.75) is 12.2 Å². The summed E-state index contributed by atoms with van der Waals surface area (Å²) >= 11 is 0. The maximum atomic E-state index is 5.67. The van der Waals surface area contributed by atoms with Crippen LogP contribution in [0.1, 0.15) is 12.0 Å². The van der Waals surface area contributed by atoms with Crippen LogP contribution in [0.4, 0.5) is 0 Å². The van der Waals surface area contributed by atoms with Gasteiger partial charge in [-0.15, -0.1) is 6.58 Å². The second-order valence-corrected chi connectivity index (χ2v) is 3.31. The van der Waals surface area contributed by atoms with E-state index < -0.39 is 5.79 Å². The lowest BCUT2D eigenvalue weighted by molar-refractivity contribution is -0.162. The van der Waals surface area contributed by atoms with E-state index in [4.69, 9.17) is 9.47 Å². The monoisotopic (exact) mass is 190 g/mol. The molecule has 0 N–H and O–H groups in total. The average molecular weight is 190 g/mol. The van der Waals surface area contributed by atoms with Crippen LogP contribution >= 0.6 is 0 Å². The first kappa shape index (κ1) is 9.44. The molecular weight excluding hydrogens is 176 g/mol. The van der Waals surface area contributed by atoms with Gasteiger partial charge in [0, 0.05) is 12.0 Å². The number of ether oxygens (including phenoxy) is 2. The summed E-state index contributed by atoms with van der Waals surface area (Å²) in [5, 5.41) is 0. The molecule has 14 heavy (non-hydrogen) atoms. The van der Waals surface area contributed by atoms with Gasteiger partial charge < -0.3 is 9.47 Å². The van der Waals surface area contributed by atoms with Crippen molar-refractivity contribution < 1.29 is 9.47 Å². The van der Waals surface area contributed by atoms with Gasteiger partial charge in [-0.1, -0.05) is 36.4 Å². The van der Waals surface area contributed by atoms with Crippen molar-refractivity contribution in [2.24, 2.45) is 0 Å². The zero-order chi connectivity index (χ0) is 9.86. The van der Waals surface area contributed by atoms with Crippen LogP contribution in [0, 0.1) is 0 Å². The summed E-state index contributed by atoms with van der Waals surface area (Å²) in [7, 11) is 0. The van der Waals surface area contributed by atoms with Gasteiger partial charge in [0.05, 0.1) is 13.2 Å². The Morgan fingerprint density at radius 2 is 1.86 bits per heavy atom. The topological polar surface area (TPSA) is 18.5 Å². The molecule has 1 aliphatic heterocycles. The normalized spacial score (nSPS) is 19.4. The number of benzene rings is 1. The summed E-state index contributed by atoms with van der Waals surface area (Å²) in [4.78, 5) is 0. The van der Waals surface area contributed by atoms with E-state index >= 15 is 0 Å². The summed E-state index contributed by atoms with van der Waals surface area (Å²) in [5.41, 5.74) is 1.07. The van der Waals surface area contributed by atoms with E-state index in [1.54, 1.807) is 0 Å². The van der Waals surface area contributed by atoms with Gasteiger partial charge >= 0.3 is 0 Å². The molecule has 1 heterocycles. The molecule has 1 aromatic rings. The summed E-state index contributed by atoms with van der Waals surface area (Å²) in [6.07, 6.45) is 2.52. The highest BCUT2D eigenvalue weighted by Crippen LogP contribution is 2.34. The Labute approximate surface area is 84.2 Å². The van der Waals surface area contributed by atoms with Crippen molar-refractivity contribution in [3.63, 3.8) is 0 Å². The molecule has 2 rings (SSSR count). The standard InChI is InChI=1S/C12H14O2/c1-2-8-12(13-9-10-14-12)11-6-4-3-5-7-11/h2-7H,1,8-10H2. The van der Waals surface area contributed by atoms with Crippen LogP contribution in [-0.4, -0.2) is 13.2 Å². The Balaban J connectivity index is 2.31. The average Bonchev–Trinajstić information content (AvgIpc) is 2.70. The molecule has 0 aromatic heterocycles. The second kappa shape index (κ2) is 3.95. The van der Waals surface area contributed by atoms with Gasteiger partial charge in [-0.05, 0) is 0 Å². The van der Waals surface area contributed by atoms with Crippen LogP contribution in [0.5, 0.6) is 0 Å². The Hall–Kier alpha value is -1.12. The molecule has 1 fully saturated rings. The minimum absolute atomic E-state index is 0.580. The van der Waals surface area contributed by atoms with Crippen molar-refractivity contribution in [3.8, 4) is 0 Å². The molecule has 74 valence electrons. The fourth-order valence-electron chi connectivity index (χ4n) is 1.74. The molecular formula is C12H14O2. The van der Waals surface area contributed by atoms with Gasteiger partial charge in [0.2, 0.25) is 0 Å². The summed E-state index contributed by atoms with van der Waals surface area (Å²) in [6.45, 7) is 5.05. The maximum Gasteiger partial charge on any atom is 0.198 e. The van der Waals surface area contributed by atoms with Crippen molar-refractivity contribution in [1.82, 2.24) is 0 Å². The smallest absolute Gasteiger partial charge is 0.198 e. The van der Waals surface area contributed by atoms with Crippen LogP contribution in [-0.2, 0) is 15.3 Å². The lowest BCUT2D eigenvalue weighted by atomic mass is 10.0. The quantitative estimate of drug-likeness (QED) is 0.682. The van der Waals surface area contributed by atoms with E-state index in [2.05, 4.69) is 6.58 Å². The lowest BCUT2D eigenvalue weighted by Gasteiger charge is -2.26. The summed E-state index contributed by atoms with van der Waals surface area (Å²) in [5.74, 6) is -0.580. The molecule has 0 aliphatic carbocycles. The molecule has 1 aromatic carbocycles. The van der Waals surface area contributed by atoms with Gasteiger partial charge in [-0.25, -0.2) is 0 Å². The number of hydrogen-bond acceptors (Lipinski definition) is 2. The molecule has 1 saturated heterocycles. The Morgan fingerprint density at radius 3 is 2.43 bits per heavy atom.